The van der Waals surface area contributed by atoms with Crippen LogP contribution < -0.4 is 0 Å². The normalized spacial score (nSPS) is 31.9. The van der Waals surface area contributed by atoms with Crippen LogP contribution in [-0.2, 0) is 4.74 Å². The minimum absolute atomic E-state index is 0.0852. The summed E-state index contributed by atoms with van der Waals surface area (Å²) < 4.78 is 5.39. The van der Waals surface area contributed by atoms with Crippen molar-refractivity contribution in [2.24, 2.45) is 5.92 Å². The Balaban J connectivity index is 2.15. The molecule has 0 N–H and O–H groups in total. The molecule has 1 saturated carbocycles. The number of carbonyl (C=O) groups is 1. The van der Waals surface area contributed by atoms with Gasteiger partial charge in [0, 0.05) is 24.7 Å². The fraction of sp³-hybridized carbons (Fsp3) is 0.941. The number of hydrogen-bond donors (Lipinski definition) is 0. The Kier molecular flexibility index (Phi) is 5.91. The molecule has 21 heavy (non-hydrogen) atoms. The second kappa shape index (κ2) is 7.48. The van der Waals surface area contributed by atoms with Gasteiger partial charge >= 0.3 is 6.09 Å². The van der Waals surface area contributed by atoms with Crippen LogP contribution >= 0.6 is 0 Å². The van der Waals surface area contributed by atoms with Crippen LogP contribution in [0.15, 0.2) is 0 Å². The molecule has 0 aromatic carbocycles. The Morgan fingerprint density at radius 2 is 1.90 bits per heavy atom. The van der Waals surface area contributed by atoms with Gasteiger partial charge in [-0.05, 0) is 46.1 Å². The van der Waals surface area contributed by atoms with Crippen LogP contribution in [0, 0.1) is 5.92 Å². The van der Waals surface area contributed by atoms with Crippen molar-refractivity contribution < 1.29 is 9.53 Å². The zero-order valence-electron chi connectivity index (χ0n) is 14.2. The van der Waals surface area contributed by atoms with Gasteiger partial charge in [0.15, 0.2) is 0 Å². The highest BCUT2D eigenvalue weighted by Gasteiger charge is 2.39. The van der Waals surface area contributed by atoms with Gasteiger partial charge in [-0.15, -0.1) is 0 Å². The largest absolute Gasteiger partial charge is 0.450 e. The third-order valence-corrected chi connectivity index (χ3v) is 5.37. The molecule has 3 unspecified atom stereocenters. The maximum absolute atomic E-state index is 12.6. The van der Waals surface area contributed by atoms with Crippen molar-refractivity contribution in [1.29, 1.82) is 0 Å². The average Bonchev–Trinajstić information content (AvgIpc) is 2.46. The first kappa shape index (κ1) is 16.6. The van der Waals surface area contributed by atoms with E-state index >= 15 is 0 Å². The van der Waals surface area contributed by atoms with E-state index in [2.05, 4.69) is 30.7 Å². The molecule has 0 radical (unpaired) electrons. The van der Waals surface area contributed by atoms with Crippen LogP contribution in [0.4, 0.5) is 4.79 Å². The molecule has 4 heteroatoms. The van der Waals surface area contributed by atoms with Crippen molar-refractivity contribution in [1.82, 2.24) is 9.80 Å². The number of hydrogen-bond acceptors (Lipinski definition) is 3. The minimum Gasteiger partial charge on any atom is -0.450 e. The molecule has 0 bridgehead atoms. The molecule has 2 rings (SSSR count). The van der Waals surface area contributed by atoms with Crippen LogP contribution in [0.25, 0.3) is 0 Å². The number of carbonyl (C=O) groups excluding carboxylic acids is 1. The Morgan fingerprint density at radius 1 is 1.24 bits per heavy atom. The number of ether oxygens (including phenoxy) is 1. The van der Waals surface area contributed by atoms with Crippen LogP contribution in [0.3, 0.4) is 0 Å². The molecule has 1 saturated heterocycles. The zero-order chi connectivity index (χ0) is 15.4. The van der Waals surface area contributed by atoms with E-state index in [1.54, 1.807) is 0 Å². The molecular weight excluding hydrogens is 264 g/mol. The Hall–Kier alpha value is -0.770. The second-order valence-electron chi connectivity index (χ2n) is 6.97. The highest BCUT2D eigenvalue weighted by molar-refractivity contribution is 5.68. The molecule has 3 atom stereocenters. The van der Waals surface area contributed by atoms with Crippen LogP contribution in [-0.4, -0.2) is 54.2 Å². The molecule has 0 aromatic heterocycles. The van der Waals surface area contributed by atoms with Gasteiger partial charge < -0.3 is 14.5 Å². The van der Waals surface area contributed by atoms with Crippen molar-refractivity contribution in [3.63, 3.8) is 0 Å². The lowest BCUT2D eigenvalue weighted by atomic mass is 9.85. The third-order valence-electron chi connectivity index (χ3n) is 5.37. The summed E-state index contributed by atoms with van der Waals surface area (Å²) in [6.45, 7) is 7.98. The predicted molar refractivity (Wildman–Crippen MR) is 85.4 cm³/mol. The summed E-state index contributed by atoms with van der Waals surface area (Å²) in [7, 11) is 2.19. The fourth-order valence-corrected chi connectivity index (χ4v) is 4.02. The number of amides is 1. The van der Waals surface area contributed by atoms with Crippen molar-refractivity contribution in [3.05, 3.63) is 0 Å². The van der Waals surface area contributed by atoms with Gasteiger partial charge in [-0.2, -0.15) is 0 Å². The molecular formula is C17H32N2O2. The summed E-state index contributed by atoms with van der Waals surface area (Å²) in [6.07, 6.45) is 7.07. The van der Waals surface area contributed by atoms with Crippen LogP contribution in [0.1, 0.15) is 59.3 Å². The first-order valence-corrected chi connectivity index (χ1v) is 8.69. The second-order valence-corrected chi connectivity index (χ2v) is 6.97. The number of nitrogens with zero attached hydrogens (tertiary/aromatic N) is 2. The summed E-state index contributed by atoms with van der Waals surface area (Å²) in [4.78, 5) is 17.1. The number of rotatable bonds is 3. The van der Waals surface area contributed by atoms with E-state index in [-0.39, 0.29) is 6.09 Å². The quantitative estimate of drug-likeness (QED) is 0.799. The topological polar surface area (TPSA) is 32.8 Å². The number of likely N-dealkylation sites (tertiary alicyclic amines) is 1. The van der Waals surface area contributed by atoms with Crippen molar-refractivity contribution in [3.8, 4) is 0 Å². The summed E-state index contributed by atoms with van der Waals surface area (Å²) >= 11 is 0. The first-order chi connectivity index (χ1) is 10.0. The van der Waals surface area contributed by atoms with Gasteiger partial charge in [-0.1, -0.05) is 26.2 Å². The molecule has 1 aliphatic carbocycles. The lowest BCUT2D eigenvalue weighted by molar-refractivity contribution is 0.00612. The van der Waals surface area contributed by atoms with Crippen molar-refractivity contribution in [2.75, 3.05) is 20.2 Å². The van der Waals surface area contributed by atoms with Gasteiger partial charge in [0.25, 0.3) is 0 Å². The third kappa shape index (κ3) is 3.91. The van der Waals surface area contributed by atoms with E-state index in [0.29, 0.717) is 30.7 Å². The molecule has 0 spiro atoms. The maximum Gasteiger partial charge on any atom is 0.410 e. The van der Waals surface area contributed by atoms with Crippen molar-refractivity contribution >= 4 is 6.09 Å². The van der Waals surface area contributed by atoms with E-state index in [4.69, 9.17) is 4.74 Å². The van der Waals surface area contributed by atoms with Crippen LogP contribution in [0.2, 0.25) is 0 Å². The maximum atomic E-state index is 12.6. The average molecular weight is 296 g/mol. The lowest BCUT2D eigenvalue weighted by Gasteiger charge is -2.47. The van der Waals surface area contributed by atoms with E-state index < -0.39 is 0 Å². The number of piperidine rings is 1. The van der Waals surface area contributed by atoms with Crippen molar-refractivity contribution in [2.45, 2.75) is 77.4 Å². The first-order valence-electron chi connectivity index (χ1n) is 8.69. The minimum atomic E-state index is -0.0852. The molecule has 2 aliphatic rings. The van der Waals surface area contributed by atoms with E-state index in [1.807, 2.05) is 6.92 Å². The lowest BCUT2D eigenvalue weighted by Crippen LogP contribution is -2.57. The molecule has 2 fully saturated rings. The summed E-state index contributed by atoms with van der Waals surface area (Å²) in [5, 5.41) is 0. The Labute approximate surface area is 129 Å². The molecule has 4 nitrogen and oxygen atoms in total. The van der Waals surface area contributed by atoms with Gasteiger partial charge in [-0.25, -0.2) is 4.79 Å². The standard InChI is InChI=1S/C17H32N2O2/c1-5-21-17(20)19(15-9-7-6-8-10-15)16-11-14(3)18(4)12-13(16)2/h13-16H,5-12H2,1-4H3. The summed E-state index contributed by atoms with van der Waals surface area (Å²) in [5.74, 6) is 0.512. The van der Waals surface area contributed by atoms with Gasteiger partial charge in [0.05, 0.1) is 6.61 Å². The molecule has 1 amide bonds. The Bertz CT molecular complexity index is 342. The Morgan fingerprint density at radius 3 is 2.52 bits per heavy atom. The van der Waals surface area contributed by atoms with Gasteiger partial charge in [0.1, 0.15) is 0 Å². The van der Waals surface area contributed by atoms with Crippen LogP contribution in [0.5, 0.6) is 0 Å². The molecule has 122 valence electrons. The SMILES string of the molecule is CCOC(=O)N(C1CCCCC1)C1CC(C)N(C)CC1C. The predicted octanol–water partition coefficient (Wildman–Crippen LogP) is 3.51. The van der Waals surface area contributed by atoms with Gasteiger partial charge in [0.2, 0.25) is 0 Å². The monoisotopic (exact) mass is 296 g/mol. The summed E-state index contributed by atoms with van der Waals surface area (Å²) in [5.41, 5.74) is 0. The molecule has 0 aromatic rings. The van der Waals surface area contributed by atoms with E-state index in [9.17, 15) is 4.79 Å². The fourth-order valence-electron chi connectivity index (χ4n) is 4.02. The molecule has 1 aliphatic heterocycles. The summed E-state index contributed by atoms with van der Waals surface area (Å²) in [6, 6.07) is 1.26. The van der Waals surface area contributed by atoms with E-state index in [1.165, 1.54) is 19.3 Å². The van der Waals surface area contributed by atoms with E-state index in [0.717, 1.165) is 25.8 Å². The smallest absolute Gasteiger partial charge is 0.410 e. The molecule has 1 heterocycles. The highest BCUT2D eigenvalue weighted by Crippen LogP contribution is 2.32. The van der Waals surface area contributed by atoms with Gasteiger partial charge in [-0.3, -0.25) is 0 Å². The zero-order valence-corrected chi connectivity index (χ0v) is 14.2. The highest BCUT2D eigenvalue weighted by atomic mass is 16.6.